The van der Waals surface area contributed by atoms with Crippen LogP contribution in [0.25, 0.3) is 0 Å². The molecule has 3 heteroatoms. The molecule has 0 aliphatic carbocycles. The summed E-state index contributed by atoms with van der Waals surface area (Å²) in [5.41, 5.74) is 5.38. The molecule has 0 aliphatic rings. The highest BCUT2D eigenvalue weighted by Gasteiger charge is 1.88. The largest absolute Gasteiger partial charge is 0.324 e. The molecule has 48 valence electrons. The molecule has 1 aromatic rings. The first kappa shape index (κ1) is 3.27. The summed E-state index contributed by atoms with van der Waals surface area (Å²) in [5, 5.41) is 0. The topological polar surface area (TPSA) is 51.8 Å². The van der Waals surface area contributed by atoms with Crippen molar-refractivity contribution in [2.75, 3.05) is 0 Å². The Kier molecular flexibility index (Phi) is 0.926. The van der Waals surface area contributed by atoms with Crippen LogP contribution in [0.3, 0.4) is 0 Å². The Hall–Kier alpha value is -0.960. The van der Waals surface area contributed by atoms with Crippen molar-refractivity contribution in [1.29, 1.82) is 0 Å². The van der Waals surface area contributed by atoms with Crippen LogP contribution in [0.2, 0.25) is 0 Å². The summed E-state index contributed by atoms with van der Waals surface area (Å²) >= 11 is 0. The molecule has 0 bridgehead atoms. The van der Waals surface area contributed by atoms with Crippen molar-refractivity contribution in [2.45, 2.75) is 13.4 Å². The lowest BCUT2D eigenvalue weighted by molar-refractivity contribution is 0.901. The molecular formula is C6H9N3. The fourth-order valence-corrected chi connectivity index (χ4v) is 0.460. The highest BCUT2D eigenvalue weighted by Crippen LogP contribution is 1.90. The third-order valence-corrected chi connectivity index (χ3v) is 0.888. The number of aromatic nitrogens is 2. The normalized spacial score (nSPS) is 15.9. The van der Waals surface area contributed by atoms with Gasteiger partial charge in [0, 0.05) is 16.5 Å². The van der Waals surface area contributed by atoms with Gasteiger partial charge < -0.3 is 5.73 Å². The number of aryl methyl sites for hydroxylation is 1. The SMILES string of the molecule is [2H]C([2H])([2H])c1cnc(CN)nc1. The Balaban J connectivity index is 2.93. The molecule has 1 heterocycles. The molecule has 3 nitrogen and oxygen atoms in total. The lowest BCUT2D eigenvalue weighted by Crippen LogP contribution is -2.01. The van der Waals surface area contributed by atoms with E-state index < -0.39 is 6.85 Å². The van der Waals surface area contributed by atoms with Gasteiger partial charge in [-0.2, -0.15) is 0 Å². The first-order chi connectivity index (χ1) is 5.54. The van der Waals surface area contributed by atoms with Gasteiger partial charge in [0.2, 0.25) is 0 Å². The van der Waals surface area contributed by atoms with Crippen LogP contribution in [-0.4, -0.2) is 9.97 Å². The summed E-state index contributed by atoms with van der Waals surface area (Å²) in [5.74, 6) is 0.447. The van der Waals surface area contributed by atoms with Crippen molar-refractivity contribution < 1.29 is 4.11 Å². The molecule has 1 rings (SSSR count). The summed E-state index contributed by atoms with van der Waals surface area (Å²) in [6, 6.07) is 0. The Morgan fingerprint density at radius 3 is 2.78 bits per heavy atom. The van der Waals surface area contributed by atoms with Crippen LogP contribution < -0.4 is 5.73 Å². The van der Waals surface area contributed by atoms with Crippen molar-refractivity contribution in [3.05, 3.63) is 23.8 Å². The van der Waals surface area contributed by atoms with Crippen molar-refractivity contribution >= 4 is 0 Å². The van der Waals surface area contributed by atoms with Gasteiger partial charge in [0.25, 0.3) is 0 Å². The maximum absolute atomic E-state index is 7.02. The predicted molar refractivity (Wildman–Crippen MR) is 34.7 cm³/mol. The summed E-state index contributed by atoms with van der Waals surface area (Å²) in [6.07, 6.45) is 2.56. The lowest BCUT2D eigenvalue weighted by Gasteiger charge is -1.92. The van der Waals surface area contributed by atoms with Crippen LogP contribution in [0, 0.1) is 6.85 Å². The Labute approximate surface area is 58.2 Å². The van der Waals surface area contributed by atoms with Crippen LogP contribution in [0.5, 0.6) is 0 Å². The molecule has 0 fully saturated rings. The zero-order valence-electron chi connectivity index (χ0n) is 7.83. The first-order valence-corrected chi connectivity index (χ1v) is 2.55. The van der Waals surface area contributed by atoms with Crippen molar-refractivity contribution in [3.63, 3.8) is 0 Å². The van der Waals surface area contributed by atoms with Gasteiger partial charge >= 0.3 is 0 Å². The molecule has 0 amide bonds. The number of nitrogens with two attached hydrogens (primary N) is 1. The van der Waals surface area contributed by atoms with Crippen LogP contribution in [0.4, 0.5) is 0 Å². The molecule has 0 atom stereocenters. The standard InChI is InChI=1S/C6H9N3/c1-5-3-8-6(2-7)9-4-5/h3-4H,2,7H2,1H3/i1D3. The maximum Gasteiger partial charge on any atom is 0.141 e. The maximum atomic E-state index is 7.02. The lowest BCUT2D eigenvalue weighted by atomic mass is 10.4. The van der Waals surface area contributed by atoms with Gasteiger partial charge in [-0.1, -0.05) is 0 Å². The molecule has 2 N–H and O–H groups in total. The number of hydrogen-bond acceptors (Lipinski definition) is 3. The molecule has 1 aromatic heterocycles. The average molecular weight is 126 g/mol. The second-order valence-corrected chi connectivity index (χ2v) is 1.59. The minimum Gasteiger partial charge on any atom is -0.324 e. The summed E-state index contributed by atoms with van der Waals surface area (Å²) < 4.78 is 21.1. The van der Waals surface area contributed by atoms with E-state index in [1.807, 2.05) is 0 Å². The van der Waals surface area contributed by atoms with E-state index in [2.05, 4.69) is 9.97 Å². The van der Waals surface area contributed by atoms with E-state index in [4.69, 9.17) is 9.85 Å². The van der Waals surface area contributed by atoms with E-state index in [9.17, 15) is 0 Å². The molecule has 0 spiro atoms. The number of hydrogen-bond donors (Lipinski definition) is 1. The fourth-order valence-electron chi connectivity index (χ4n) is 0.460. The van der Waals surface area contributed by atoms with Crippen molar-refractivity contribution in [2.24, 2.45) is 5.73 Å². The van der Waals surface area contributed by atoms with E-state index in [0.29, 0.717) is 5.82 Å². The molecule has 0 saturated heterocycles. The third kappa shape index (κ3) is 1.47. The molecule has 9 heavy (non-hydrogen) atoms. The molecule has 0 aromatic carbocycles. The predicted octanol–water partition coefficient (Wildman–Crippen LogP) is 0.244. The molecule has 0 aliphatic heterocycles. The zero-order valence-corrected chi connectivity index (χ0v) is 4.83. The van der Waals surface area contributed by atoms with Gasteiger partial charge in [-0.05, 0) is 12.4 Å². The summed E-state index contributed by atoms with van der Waals surface area (Å²) in [7, 11) is 0. The fraction of sp³-hybridized carbons (Fsp3) is 0.333. The highest BCUT2D eigenvalue weighted by atomic mass is 14.9. The molecule has 0 radical (unpaired) electrons. The van der Waals surface area contributed by atoms with E-state index >= 15 is 0 Å². The first-order valence-electron chi connectivity index (χ1n) is 4.05. The Morgan fingerprint density at radius 2 is 2.33 bits per heavy atom. The van der Waals surface area contributed by atoms with E-state index in [0.717, 1.165) is 0 Å². The van der Waals surface area contributed by atoms with Crippen LogP contribution in [0.15, 0.2) is 12.4 Å². The Morgan fingerprint density at radius 1 is 1.67 bits per heavy atom. The monoisotopic (exact) mass is 126 g/mol. The van der Waals surface area contributed by atoms with Gasteiger partial charge in [-0.25, -0.2) is 9.97 Å². The minimum atomic E-state index is -2.13. The van der Waals surface area contributed by atoms with E-state index in [1.54, 1.807) is 0 Å². The zero-order chi connectivity index (χ0) is 9.19. The van der Waals surface area contributed by atoms with E-state index in [1.165, 1.54) is 12.4 Å². The van der Waals surface area contributed by atoms with Gasteiger partial charge in [0.05, 0.1) is 6.54 Å². The molecular weight excluding hydrogens is 114 g/mol. The van der Waals surface area contributed by atoms with Gasteiger partial charge in [0.15, 0.2) is 0 Å². The second-order valence-electron chi connectivity index (χ2n) is 1.59. The quantitative estimate of drug-likeness (QED) is 0.586. The van der Waals surface area contributed by atoms with Crippen molar-refractivity contribution in [1.82, 2.24) is 9.97 Å². The van der Waals surface area contributed by atoms with Gasteiger partial charge in [-0.15, -0.1) is 0 Å². The second kappa shape index (κ2) is 2.55. The number of rotatable bonds is 1. The van der Waals surface area contributed by atoms with Crippen LogP contribution in [0.1, 0.15) is 15.5 Å². The minimum absolute atomic E-state index is 0.139. The highest BCUT2D eigenvalue weighted by molar-refractivity contribution is 5.01. The molecule has 0 unspecified atom stereocenters. The smallest absolute Gasteiger partial charge is 0.141 e. The van der Waals surface area contributed by atoms with Gasteiger partial charge in [0.1, 0.15) is 5.82 Å². The summed E-state index contributed by atoms with van der Waals surface area (Å²) in [6.45, 7) is -1.91. The Bertz CT molecular complexity index is 254. The number of nitrogens with zero attached hydrogens (tertiary/aromatic N) is 2. The third-order valence-electron chi connectivity index (χ3n) is 0.888. The van der Waals surface area contributed by atoms with E-state index in [-0.39, 0.29) is 12.1 Å². The van der Waals surface area contributed by atoms with Gasteiger partial charge in [-0.3, -0.25) is 0 Å². The van der Waals surface area contributed by atoms with Crippen LogP contribution in [-0.2, 0) is 6.54 Å². The average Bonchev–Trinajstić information content (AvgIpc) is 2.03. The molecule has 0 saturated carbocycles. The van der Waals surface area contributed by atoms with Crippen molar-refractivity contribution in [3.8, 4) is 0 Å². The van der Waals surface area contributed by atoms with Crippen LogP contribution >= 0.6 is 0 Å². The summed E-state index contributed by atoms with van der Waals surface area (Å²) in [4.78, 5) is 7.54.